The van der Waals surface area contributed by atoms with Crippen LogP contribution in [0.1, 0.15) is 56.1 Å². The van der Waals surface area contributed by atoms with Crippen molar-refractivity contribution in [1.29, 1.82) is 5.26 Å². The van der Waals surface area contributed by atoms with Gasteiger partial charge in [-0.2, -0.15) is 5.26 Å². The number of aliphatic hydroxyl groups excluding tert-OH is 1. The van der Waals surface area contributed by atoms with Gasteiger partial charge in [-0.3, -0.25) is 0 Å². The number of fused-ring (bicyclic) bond motifs is 5. The van der Waals surface area contributed by atoms with E-state index in [4.69, 9.17) is 5.26 Å². The first kappa shape index (κ1) is 16.9. The maximum absolute atomic E-state index is 11.1. The van der Waals surface area contributed by atoms with E-state index < -0.39 is 11.7 Å². The van der Waals surface area contributed by atoms with Crippen molar-refractivity contribution in [2.45, 2.75) is 63.1 Å². The molecule has 3 N–H and O–H groups in total. The topological polar surface area (TPSA) is 84.5 Å². The lowest BCUT2D eigenvalue weighted by Crippen LogP contribution is -2.48. The molecule has 7 unspecified atom stereocenters. The molecule has 7 atom stereocenters. The van der Waals surface area contributed by atoms with Gasteiger partial charge in [-0.05, 0) is 78.5 Å². The molecule has 0 saturated heterocycles. The second-order valence-corrected chi connectivity index (χ2v) is 8.36. The molecule has 3 aliphatic carbocycles. The molecule has 0 amide bonds. The monoisotopic (exact) mass is 341 g/mol. The van der Waals surface area contributed by atoms with Gasteiger partial charge in [-0.1, -0.05) is 19.4 Å². The van der Waals surface area contributed by atoms with E-state index in [2.05, 4.69) is 19.1 Å². The van der Waals surface area contributed by atoms with Crippen molar-refractivity contribution in [3.8, 4) is 11.8 Å². The molecule has 0 aromatic heterocycles. The predicted molar refractivity (Wildman–Crippen MR) is 93.8 cm³/mol. The Morgan fingerprint density at radius 3 is 2.80 bits per heavy atom. The first-order valence-corrected chi connectivity index (χ1v) is 9.58. The van der Waals surface area contributed by atoms with E-state index in [0.29, 0.717) is 29.9 Å². The smallest absolute Gasteiger partial charge is 0.115 e. The van der Waals surface area contributed by atoms with Gasteiger partial charge in [0.15, 0.2) is 0 Å². The summed E-state index contributed by atoms with van der Waals surface area (Å²) in [4.78, 5) is 0. The van der Waals surface area contributed by atoms with Crippen molar-refractivity contribution >= 4 is 0 Å². The fraction of sp³-hybridized carbons (Fsp3) is 0.667. The average Bonchev–Trinajstić information content (AvgIpc) is 2.85. The Balaban J connectivity index is 1.74. The molecule has 4 heteroatoms. The number of aryl methyl sites for hydroxylation is 1. The van der Waals surface area contributed by atoms with Gasteiger partial charge in [0, 0.05) is 0 Å². The lowest BCUT2D eigenvalue weighted by molar-refractivity contribution is -0.0965. The van der Waals surface area contributed by atoms with Gasteiger partial charge < -0.3 is 15.3 Å². The fourth-order valence-corrected chi connectivity index (χ4v) is 6.32. The number of hydrogen-bond acceptors (Lipinski definition) is 4. The second kappa shape index (κ2) is 6.00. The first-order chi connectivity index (χ1) is 12.0. The molecule has 0 radical (unpaired) electrons. The van der Waals surface area contributed by atoms with Crippen molar-refractivity contribution in [2.24, 2.45) is 23.7 Å². The summed E-state index contributed by atoms with van der Waals surface area (Å²) in [5.41, 5.74) is 1.36. The van der Waals surface area contributed by atoms with Crippen LogP contribution in [0.2, 0.25) is 0 Å². The molecule has 134 valence electrons. The molecule has 2 fully saturated rings. The third-order valence-electron chi connectivity index (χ3n) is 7.43. The highest BCUT2D eigenvalue weighted by molar-refractivity contribution is 5.40. The van der Waals surface area contributed by atoms with Gasteiger partial charge in [0.2, 0.25) is 0 Å². The normalized spacial score (nSPS) is 42.2. The number of rotatable bonds is 2. The highest BCUT2D eigenvalue weighted by atomic mass is 16.3. The van der Waals surface area contributed by atoms with Crippen LogP contribution in [0.4, 0.5) is 0 Å². The molecule has 4 rings (SSSR count). The average molecular weight is 341 g/mol. The summed E-state index contributed by atoms with van der Waals surface area (Å²) in [5.74, 6) is 1.97. The third kappa shape index (κ3) is 2.40. The molecule has 3 aliphatic rings. The number of phenols is 1. The van der Waals surface area contributed by atoms with E-state index in [1.54, 1.807) is 6.07 Å². The fourth-order valence-electron chi connectivity index (χ4n) is 6.32. The zero-order valence-electron chi connectivity index (χ0n) is 14.7. The Bertz CT molecular complexity index is 712. The zero-order chi connectivity index (χ0) is 17.8. The first-order valence-electron chi connectivity index (χ1n) is 9.58. The molecule has 25 heavy (non-hydrogen) atoms. The van der Waals surface area contributed by atoms with Crippen molar-refractivity contribution < 1.29 is 15.3 Å². The summed E-state index contributed by atoms with van der Waals surface area (Å²) in [5, 5.41) is 40.6. The molecule has 2 saturated carbocycles. The molecule has 4 nitrogen and oxygen atoms in total. The number of phenolic OH excluding ortho intramolecular Hbond substituents is 1. The second-order valence-electron chi connectivity index (χ2n) is 8.36. The Morgan fingerprint density at radius 1 is 1.28 bits per heavy atom. The van der Waals surface area contributed by atoms with Crippen LogP contribution in [0.25, 0.3) is 0 Å². The summed E-state index contributed by atoms with van der Waals surface area (Å²) in [6, 6.07) is 7.87. The molecule has 1 aromatic rings. The molecular weight excluding hydrogens is 314 g/mol. The highest BCUT2D eigenvalue weighted by Crippen LogP contribution is 2.61. The Kier molecular flexibility index (Phi) is 4.05. The number of nitrogens with zero attached hydrogens (tertiary/aromatic N) is 1. The SMILES string of the molecule is CCC1CC2C(CC(O)C2(O)CC#N)C2CCc3cc(O)ccc3C12. The van der Waals surface area contributed by atoms with Crippen molar-refractivity contribution in [3.63, 3.8) is 0 Å². The minimum absolute atomic E-state index is 0.0204. The van der Waals surface area contributed by atoms with Crippen LogP contribution in [0.15, 0.2) is 18.2 Å². The van der Waals surface area contributed by atoms with E-state index in [9.17, 15) is 15.3 Å². The highest BCUT2D eigenvalue weighted by Gasteiger charge is 2.60. The molecule has 0 bridgehead atoms. The Morgan fingerprint density at radius 2 is 2.08 bits per heavy atom. The van der Waals surface area contributed by atoms with E-state index in [1.807, 2.05) is 6.07 Å². The van der Waals surface area contributed by atoms with Crippen molar-refractivity contribution in [1.82, 2.24) is 0 Å². The Hall–Kier alpha value is -1.57. The minimum atomic E-state index is -1.24. The molecule has 0 spiro atoms. The third-order valence-corrected chi connectivity index (χ3v) is 7.43. The number of hydrogen-bond donors (Lipinski definition) is 3. The maximum atomic E-state index is 11.1. The largest absolute Gasteiger partial charge is 0.508 e. The lowest BCUT2D eigenvalue weighted by atomic mass is 9.55. The van der Waals surface area contributed by atoms with Crippen LogP contribution in [0.5, 0.6) is 5.75 Å². The van der Waals surface area contributed by atoms with Crippen molar-refractivity contribution in [3.05, 3.63) is 29.3 Å². The van der Waals surface area contributed by atoms with E-state index in [-0.39, 0.29) is 18.3 Å². The standard InChI is InChI=1S/C21H27NO3/c1-2-12-10-18-17(11-19(24)21(18,25)7-8-22)16-5-3-13-9-14(23)4-6-15(13)20(12)16/h4,6,9,12,16-20,23-25H,2-3,5,7,10-11H2,1H3. The van der Waals surface area contributed by atoms with Crippen LogP contribution in [0.3, 0.4) is 0 Å². The van der Waals surface area contributed by atoms with Gasteiger partial charge >= 0.3 is 0 Å². The van der Waals surface area contributed by atoms with Crippen LogP contribution in [0, 0.1) is 35.0 Å². The van der Waals surface area contributed by atoms with E-state index in [0.717, 1.165) is 25.7 Å². The number of benzene rings is 1. The van der Waals surface area contributed by atoms with Gasteiger partial charge in [-0.15, -0.1) is 0 Å². The molecular formula is C21H27NO3. The van der Waals surface area contributed by atoms with E-state index >= 15 is 0 Å². The van der Waals surface area contributed by atoms with Crippen LogP contribution < -0.4 is 0 Å². The summed E-state index contributed by atoms with van der Waals surface area (Å²) >= 11 is 0. The van der Waals surface area contributed by atoms with Gasteiger partial charge in [-0.25, -0.2) is 0 Å². The molecule has 0 heterocycles. The van der Waals surface area contributed by atoms with Gasteiger partial charge in [0.1, 0.15) is 11.4 Å². The van der Waals surface area contributed by atoms with E-state index in [1.165, 1.54) is 11.1 Å². The van der Waals surface area contributed by atoms with Crippen LogP contribution in [-0.2, 0) is 6.42 Å². The van der Waals surface area contributed by atoms with Gasteiger partial charge in [0.05, 0.1) is 18.6 Å². The summed E-state index contributed by atoms with van der Waals surface area (Å²) in [6.07, 6.45) is 3.72. The van der Waals surface area contributed by atoms with Crippen LogP contribution in [-0.4, -0.2) is 27.0 Å². The van der Waals surface area contributed by atoms with Crippen molar-refractivity contribution in [2.75, 3.05) is 0 Å². The van der Waals surface area contributed by atoms with Gasteiger partial charge in [0.25, 0.3) is 0 Å². The predicted octanol–water partition coefficient (Wildman–Crippen LogP) is 3.11. The molecule has 1 aromatic carbocycles. The number of aliphatic hydroxyl groups is 2. The zero-order valence-corrected chi connectivity index (χ0v) is 14.7. The minimum Gasteiger partial charge on any atom is -0.508 e. The summed E-state index contributed by atoms with van der Waals surface area (Å²) in [6.45, 7) is 2.20. The molecule has 0 aliphatic heterocycles. The quantitative estimate of drug-likeness (QED) is 0.772. The number of nitriles is 1. The summed E-state index contributed by atoms with van der Waals surface area (Å²) < 4.78 is 0. The Labute approximate surface area is 149 Å². The lowest BCUT2D eigenvalue weighted by Gasteiger charge is -2.50. The maximum Gasteiger partial charge on any atom is 0.115 e. The van der Waals surface area contributed by atoms with Crippen LogP contribution >= 0.6 is 0 Å². The summed E-state index contributed by atoms with van der Waals surface area (Å²) in [7, 11) is 0. The number of aromatic hydroxyl groups is 1.